The van der Waals surface area contributed by atoms with Crippen LogP contribution in [-0.2, 0) is 20.3 Å². The van der Waals surface area contributed by atoms with Crippen LogP contribution in [0.1, 0.15) is 51.9 Å². The maximum Gasteiger partial charge on any atom is 0.337 e. The number of allylic oxidation sites excluding steroid dienone is 2. The molecule has 0 amide bonds. The van der Waals surface area contributed by atoms with Crippen molar-refractivity contribution in [2.75, 3.05) is 17.1 Å². The second kappa shape index (κ2) is 8.82. The minimum atomic E-state index is -3.76. The molecule has 1 aliphatic heterocycles. The van der Waals surface area contributed by atoms with E-state index >= 15 is 0 Å². The summed E-state index contributed by atoms with van der Waals surface area (Å²) in [5, 5.41) is 3.70. The van der Waals surface area contributed by atoms with Gasteiger partial charge in [-0.1, -0.05) is 42.5 Å². The number of para-hydroxylation sites is 1. The molecule has 6 nitrogen and oxygen atoms in total. The van der Waals surface area contributed by atoms with Gasteiger partial charge in [0.25, 0.3) is 10.0 Å². The number of hydrogen-bond donors (Lipinski definition) is 2. The monoisotopic (exact) mass is 502 g/mol. The molecule has 36 heavy (non-hydrogen) atoms. The molecule has 0 unspecified atom stereocenters. The molecule has 0 spiro atoms. The van der Waals surface area contributed by atoms with Gasteiger partial charge in [-0.15, -0.1) is 0 Å². The van der Waals surface area contributed by atoms with E-state index in [1.807, 2.05) is 50.2 Å². The lowest BCUT2D eigenvalue weighted by Crippen LogP contribution is -2.44. The fraction of sp³-hybridized carbons (Fsp3) is 0.276. The van der Waals surface area contributed by atoms with Crippen LogP contribution in [0.2, 0.25) is 0 Å². The van der Waals surface area contributed by atoms with Gasteiger partial charge >= 0.3 is 5.97 Å². The summed E-state index contributed by atoms with van der Waals surface area (Å²) in [6.45, 7) is 5.96. The Labute approximate surface area is 212 Å². The van der Waals surface area contributed by atoms with Crippen molar-refractivity contribution < 1.29 is 17.9 Å². The molecule has 0 fully saturated rings. The number of aryl methyl sites for hydroxylation is 2. The standard InChI is InChI=1S/C29H30N2O4S/c1-18-7-5-8-19(2)27(18)31-36(33,34)22-15-16-26-24(17-22)23-9-6-10-25(23)29(3,30-26)21-13-11-20(12-14-21)28(32)35-4/h5-9,11-17,23,25,30-31H,10H2,1-4H3/t23-,25-,29+/m0/s1. The van der Waals surface area contributed by atoms with Crippen LogP contribution in [-0.4, -0.2) is 21.5 Å². The highest BCUT2D eigenvalue weighted by Gasteiger charge is 2.46. The maximum atomic E-state index is 13.4. The predicted molar refractivity (Wildman–Crippen MR) is 142 cm³/mol. The number of sulfonamides is 1. The Morgan fingerprint density at radius 2 is 1.75 bits per heavy atom. The molecule has 0 saturated carbocycles. The SMILES string of the molecule is COC(=O)c1ccc([C@@]2(C)Nc3ccc(S(=O)(=O)Nc4c(C)cccc4C)cc3[C@@H]3C=CC[C@@H]32)cc1. The summed E-state index contributed by atoms with van der Waals surface area (Å²) in [6.07, 6.45) is 5.22. The lowest BCUT2D eigenvalue weighted by molar-refractivity contribution is 0.0600. The first-order valence-corrected chi connectivity index (χ1v) is 13.5. The van der Waals surface area contributed by atoms with E-state index in [1.165, 1.54) is 7.11 Å². The number of benzene rings is 3. The summed E-state index contributed by atoms with van der Waals surface area (Å²) in [4.78, 5) is 12.1. The number of carbonyl (C=O) groups excluding carboxylic acids is 1. The molecular weight excluding hydrogens is 472 g/mol. The Morgan fingerprint density at radius 3 is 2.42 bits per heavy atom. The van der Waals surface area contributed by atoms with Gasteiger partial charge in [0.2, 0.25) is 0 Å². The van der Waals surface area contributed by atoms with Crippen LogP contribution in [0.25, 0.3) is 0 Å². The van der Waals surface area contributed by atoms with Gasteiger partial charge in [0.15, 0.2) is 0 Å². The quantitative estimate of drug-likeness (QED) is 0.336. The van der Waals surface area contributed by atoms with E-state index in [0.717, 1.165) is 34.4 Å². The molecule has 3 aromatic carbocycles. The highest BCUT2D eigenvalue weighted by Crippen LogP contribution is 2.53. The van der Waals surface area contributed by atoms with Crippen LogP contribution in [0.5, 0.6) is 0 Å². The van der Waals surface area contributed by atoms with E-state index < -0.39 is 15.6 Å². The van der Waals surface area contributed by atoms with Crippen LogP contribution in [0.3, 0.4) is 0 Å². The number of rotatable bonds is 5. The lowest BCUT2D eigenvalue weighted by atomic mass is 9.68. The first-order valence-electron chi connectivity index (χ1n) is 12.0. The molecular formula is C29H30N2O4S. The fourth-order valence-corrected chi connectivity index (χ4v) is 6.80. The third-order valence-electron chi connectivity index (χ3n) is 7.62. The summed E-state index contributed by atoms with van der Waals surface area (Å²) in [5.74, 6) is -0.0994. The first-order chi connectivity index (χ1) is 17.1. The summed E-state index contributed by atoms with van der Waals surface area (Å²) in [5.41, 5.74) is 5.44. The zero-order valence-corrected chi connectivity index (χ0v) is 21.6. The van der Waals surface area contributed by atoms with Crippen LogP contribution in [0.15, 0.2) is 77.7 Å². The molecule has 1 heterocycles. The molecule has 0 saturated heterocycles. The van der Waals surface area contributed by atoms with E-state index in [0.29, 0.717) is 11.3 Å². The van der Waals surface area contributed by atoms with Gasteiger partial charge in [0, 0.05) is 11.6 Å². The highest BCUT2D eigenvalue weighted by molar-refractivity contribution is 7.92. The second-order valence-electron chi connectivity index (χ2n) is 9.81. The number of hydrogen-bond acceptors (Lipinski definition) is 5. The normalized spacial score (nSPS) is 22.3. The van der Waals surface area contributed by atoms with Gasteiger partial charge in [0.1, 0.15) is 0 Å². The number of esters is 1. The first kappa shape index (κ1) is 24.1. The molecule has 2 N–H and O–H groups in total. The molecule has 2 aliphatic rings. The van der Waals surface area contributed by atoms with Crippen molar-refractivity contribution in [2.24, 2.45) is 5.92 Å². The summed E-state index contributed by atoms with van der Waals surface area (Å²) in [6, 6.07) is 18.5. The number of fused-ring (bicyclic) bond motifs is 3. The Kier molecular flexibility index (Phi) is 5.91. The van der Waals surface area contributed by atoms with E-state index in [4.69, 9.17) is 4.74 Å². The summed E-state index contributed by atoms with van der Waals surface area (Å²) >= 11 is 0. The molecule has 0 bridgehead atoms. The third kappa shape index (κ3) is 3.97. The van der Waals surface area contributed by atoms with Crippen molar-refractivity contribution in [1.82, 2.24) is 0 Å². The molecule has 0 aromatic heterocycles. The van der Waals surface area contributed by atoms with Gasteiger partial charge in [-0.2, -0.15) is 0 Å². The van der Waals surface area contributed by atoms with Crippen LogP contribution >= 0.6 is 0 Å². The van der Waals surface area contributed by atoms with E-state index in [2.05, 4.69) is 29.1 Å². The third-order valence-corrected chi connectivity index (χ3v) is 8.97. The summed E-state index contributed by atoms with van der Waals surface area (Å²) < 4.78 is 34.3. The van der Waals surface area contributed by atoms with Gasteiger partial charge in [-0.3, -0.25) is 4.72 Å². The van der Waals surface area contributed by atoms with Gasteiger partial charge in [-0.25, -0.2) is 13.2 Å². The van der Waals surface area contributed by atoms with Crippen LogP contribution < -0.4 is 10.0 Å². The van der Waals surface area contributed by atoms with Crippen molar-refractivity contribution in [3.8, 4) is 0 Å². The van der Waals surface area contributed by atoms with Crippen LogP contribution in [0.4, 0.5) is 11.4 Å². The molecule has 0 radical (unpaired) electrons. The molecule has 1 aliphatic carbocycles. The zero-order chi connectivity index (χ0) is 25.7. The summed E-state index contributed by atoms with van der Waals surface area (Å²) in [7, 11) is -2.39. The van der Waals surface area contributed by atoms with Gasteiger partial charge in [0.05, 0.1) is 28.8 Å². The Hall–Kier alpha value is -3.58. The molecule has 3 aromatic rings. The Balaban J connectivity index is 1.50. The van der Waals surface area contributed by atoms with Crippen molar-refractivity contribution in [1.29, 1.82) is 0 Å². The van der Waals surface area contributed by atoms with Crippen LogP contribution in [0, 0.1) is 19.8 Å². The predicted octanol–water partition coefficient (Wildman–Crippen LogP) is 5.89. The number of anilines is 2. The number of methoxy groups -OCH3 is 1. The lowest BCUT2D eigenvalue weighted by Gasteiger charge is -2.46. The molecule has 3 atom stereocenters. The minimum Gasteiger partial charge on any atom is -0.465 e. The van der Waals surface area contributed by atoms with Crippen molar-refractivity contribution in [2.45, 2.75) is 43.5 Å². The van der Waals surface area contributed by atoms with E-state index in [1.54, 1.807) is 24.3 Å². The maximum absolute atomic E-state index is 13.4. The number of carbonyl (C=O) groups is 1. The topological polar surface area (TPSA) is 84.5 Å². The van der Waals surface area contributed by atoms with E-state index in [-0.39, 0.29) is 22.7 Å². The zero-order valence-electron chi connectivity index (χ0n) is 20.8. The van der Waals surface area contributed by atoms with Gasteiger partial charge in [-0.05, 0) is 85.7 Å². The molecule has 186 valence electrons. The number of nitrogens with one attached hydrogen (secondary N) is 2. The number of ether oxygens (including phenoxy) is 1. The van der Waals surface area contributed by atoms with Crippen molar-refractivity contribution >= 4 is 27.4 Å². The highest BCUT2D eigenvalue weighted by atomic mass is 32.2. The largest absolute Gasteiger partial charge is 0.465 e. The fourth-order valence-electron chi connectivity index (χ4n) is 5.56. The second-order valence-corrected chi connectivity index (χ2v) is 11.5. The van der Waals surface area contributed by atoms with E-state index in [9.17, 15) is 13.2 Å². The van der Waals surface area contributed by atoms with Crippen molar-refractivity contribution in [3.63, 3.8) is 0 Å². The Bertz CT molecular complexity index is 1460. The molecule has 7 heteroatoms. The molecule has 5 rings (SSSR count). The Morgan fingerprint density at radius 1 is 1.06 bits per heavy atom. The minimum absolute atomic E-state index is 0.0712. The van der Waals surface area contributed by atoms with Gasteiger partial charge < -0.3 is 10.1 Å². The smallest absolute Gasteiger partial charge is 0.337 e. The van der Waals surface area contributed by atoms with Crippen molar-refractivity contribution in [3.05, 3.63) is 101 Å². The average Bonchev–Trinajstić information content (AvgIpc) is 3.37. The average molecular weight is 503 g/mol.